The lowest BCUT2D eigenvalue weighted by molar-refractivity contribution is 0.478. The van der Waals surface area contributed by atoms with Crippen LogP contribution in [0.5, 0.6) is 5.75 Å². The highest BCUT2D eigenvalue weighted by Gasteiger charge is 2.19. The van der Waals surface area contributed by atoms with Crippen LogP contribution in [0.4, 0.5) is 0 Å². The summed E-state index contributed by atoms with van der Waals surface area (Å²) in [5.74, 6) is 0.160. The monoisotopic (exact) mass is 491 g/mol. The molecule has 0 saturated heterocycles. The number of phenols is 1. The first-order valence-electron chi connectivity index (χ1n) is 8.96. The van der Waals surface area contributed by atoms with Gasteiger partial charge in [-0.25, -0.2) is 8.42 Å². The van der Waals surface area contributed by atoms with E-state index in [-0.39, 0.29) is 22.0 Å². The third-order valence-corrected chi connectivity index (χ3v) is 8.28. The molecule has 29 heavy (non-hydrogen) atoms. The van der Waals surface area contributed by atoms with Gasteiger partial charge in [0.2, 0.25) is 0 Å². The van der Waals surface area contributed by atoms with Crippen molar-refractivity contribution in [3.8, 4) is 16.9 Å². The van der Waals surface area contributed by atoms with E-state index in [0.29, 0.717) is 33.1 Å². The van der Waals surface area contributed by atoms with Crippen molar-refractivity contribution in [1.29, 1.82) is 0 Å². The predicted molar refractivity (Wildman–Crippen MR) is 122 cm³/mol. The van der Waals surface area contributed by atoms with Crippen LogP contribution in [0.1, 0.15) is 6.42 Å². The number of fused-ring (bicyclic) bond motifs is 3. The first-order chi connectivity index (χ1) is 13.8. The number of phenolic OH excluding ortho intramolecular Hbond substituents is 1. The Morgan fingerprint density at radius 1 is 1.10 bits per heavy atom. The Bertz CT molecular complexity index is 1390. The van der Waals surface area contributed by atoms with Crippen LogP contribution in [0.2, 0.25) is 0 Å². The molecule has 0 bridgehead atoms. The highest BCUT2D eigenvalue weighted by Crippen LogP contribution is 2.40. The lowest BCUT2D eigenvalue weighted by Gasteiger charge is -2.14. The molecular weight excluding hydrogens is 474 g/mol. The second-order valence-corrected chi connectivity index (χ2v) is 10.6. The number of sulfone groups is 1. The van der Waals surface area contributed by atoms with Crippen LogP contribution >= 0.6 is 27.3 Å². The number of halogens is 1. The molecular formula is C21H18BrNO4S2. The SMILES string of the molecule is Cn1c(=O)c2sccc2c2c(-c3ccc(S(=O)(=O)CCCBr)cc3)c(O)ccc21. The minimum absolute atomic E-state index is 0.0765. The van der Waals surface area contributed by atoms with Gasteiger partial charge in [-0.2, -0.15) is 0 Å². The number of benzene rings is 2. The lowest BCUT2D eigenvalue weighted by atomic mass is 9.97. The van der Waals surface area contributed by atoms with E-state index in [9.17, 15) is 18.3 Å². The summed E-state index contributed by atoms with van der Waals surface area (Å²) in [5.41, 5.74) is 1.92. The van der Waals surface area contributed by atoms with Crippen LogP contribution in [0, 0.1) is 0 Å². The third kappa shape index (κ3) is 3.39. The maximum atomic E-state index is 12.6. The van der Waals surface area contributed by atoms with Crippen molar-refractivity contribution in [2.75, 3.05) is 11.1 Å². The summed E-state index contributed by atoms with van der Waals surface area (Å²) < 4.78 is 27.1. The normalized spacial score (nSPS) is 12.1. The van der Waals surface area contributed by atoms with Gasteiger partial charge in [0.05, 0.1) is 16.2 Å². The second-order valence-electron chi connectivity index (χ2n) is 6.77. The zero-order chi connectivity index (χ0) is 20.8. The molecule has 4 rings (SSSR count). The molecule has 2 aromatic carbocycles. The van der Waals surface area contributed by atoms with Crippen molar-refractivity contribution >= 4 is 58.1 Å². The molecule has 4 aromatic rings. The first-order valence-corrected chi connectivity index (χ1v) is 12.6. The molecule has 0 saturated carbocycles. The molecule has 0 unspecified atom stereocenters. The molecule has 2 aromatic heterocycles. The second kappa shape index (κ2) is 7.59. The molecule has 150 valence electrons. The van der Waals surface area contributed by atoms with Gasteiger partial charge in [-0.1, -0.05) is 28.1 Å². The van der Waals surface area contributed by atoms with E-state index >= 15 is 0 Å². The van der Waals surface area contributed by atoms with Gasteiger partial charge in [0.1, 0.15) is 10.4 Å². The van der Waals surface area contributed by atoms with Gasteiger partial charge < -0.3 is 9.67 Å². The zero-order valence-corrected chi connectivity index (χ0v) is 18.8. The van der Waals surface area contributed by atoms with E-state index in [2.05, 4.69) is 15.9 Å². The molecule has 8 heteroatoms. The van der Waals surface area contributed by atoms with Gasteiger partial charge >= 0.3 is 0 Å². The molecule has 0 spiro atoms. The van der Waals surface area contributed by atoms with Gasteiger partial charge in [-0.15, -0.1) is 11.3 Å². The number of nitrogens with zero attached hydrogens (tertiary/aromatic N) is 1. The number of hydrogen-bond donors (Lipinski definition) is 1. The Morgan fingerprint density at radius 2 is 1.83 bits per heavy atom. The van der Waals surface area contributed by atoms with Crippen LogP contribution in [0.25, 0.3) is 32.1 Å². The topological polar surface area (TPSA) is 76.4 Å². The average molecular weight is 492 g/mol. The smallest absolute Gasteiger partial charge is 0.268 e. The standard InChI is InChI=1S/C21H18BrNO4S2/c1-23-16-7-8-17(24)18(19(16)15-9-11-28-20(15)21(23)25)13-3-5-14(6-4-13)29(26,27)12-2-10-22/h3-9,11,24H,2,10,12H2,1H3. The summed E-state index contributed by atoms with van der Waals surface area (Å²) in [4.78, 5) is 12.9. The quantitative estimate of drug-likeness (QED) is 0.411. The summed E-state index contributed by atoms with van der Waals surface area (Å²) in [6.07, 6.45) is 0.540. The molecule has 5 nitrogen and oxygen atoms in total. The van der Waals surface area contributed by atoms with Crippen molar-refractivity contribution in [3.05, 3.63) is 58.2 Å². The zero-order valence-electron chi connectivity index (χ0n) is 15.6. The van der Waals surface area contributed by atoms with Gasteiger partial charge in [0.25, 0.3) is 5.56 Å². The van der Waals surface area contributed by atoms with Crippen molar-refractivity contribution < 1.29 is 13.5 Å². The van der Waals surface area contributed by atoms with Crippen LogP contribution in [0.3, 0.4) is 0 Å². The van der Waals surface area contributed by atoms with Crippen molar-refractivity contribution in [2.45, 2.75) is 11.3 Å². The maximum Gasteiger partial charge on any atom is 0.268 e. The summed E-state index contributed by atoms with van der Waals surface area (Å²) in [5, 5.41) is 14.7. The number of thiophene rings is 1. The minimum atomic E-state index is -3.35. The van der Waals surface area contributed by atoms with Crippen molar-refractivity contribution in [3.63, 3.8) is 0 Å². The number of aryl methyl sites for hydroxylation is 1. The fourth-order valence-electron chi connectivity index (χ4n) is 3.55. The number of rotatable bonds is 5. The van der Waals surface area contributed by atoms with E-state index in [1.54, 1.807) is 48.0 Å². The van der Waals surface area contributed by atoms with E-state index in [4.69, 9.17) is 0 Å². The maximum absolute atomic E-state index is 12.6. The minimum Gasteiger partial charge on any atom is -0.507 e. The van der Waals surface area contributed by atoms with Crippen LogP contribution in [-0.4, -0.2) is 29.2 Å². The molecule has 0 radical (unpaired) electrons. The molecule has 0 fully saturated rings. The van der Waals surface area contributed by atoms with E-state index in [1.165, 1.54) is 11.3 Å². The predicted octanol–water partition coefficient (Wildman–Crippen LogP) is 4.68. The highest BCUT2D eigenvalue weighted by atomic mass is 79.9. The summed E-state index contributed by atoms with van der Waals surface area (Å²) in [6, 6.07) is 11.7. The summed E-state index contributed by atoms with van der Waals surface area (Å²) in [7, 11) is -1.64. The van der Waals surface area contributed by atoms with Gasteiger partial charge in [0.15, 0.2) is 9.84 Å². The first kappa shape index (κ1) is 20.1. The number of aromatic nitrogens is 1. The van der Waals surface area contributed by atoms with E-state index in [0.717, 1.165) is 10.8 Å². The average Bonchev–Trinajstić information content (AvgIpc) is 3.20. The molecule has 0 atom stereocenters. The van der Waals surface area contributed by atoms with Gasteiger partial charge in [0, 0.05) is 28.7 Å². The number of aromatic hydroxyl groups is 1. The van der Waals surface area contributed by atoms with Crippen molar-refractivity contribution in [2.24, 2.45) is 7.05 Å². The molecule has 2 heterocycles. The van der Waals surface area contributed by atoms with E-state index in [1.807, 2.05) is 11.4 Å². The lowest BCUT2D eigenvalue weighted by Crippen LogP contribution is -2.16. The molecule has 1 N–H and O–H groups in total. The Labute approximate surface area is 180 Å². The van der Waals surface area contributed by atoms with Crippen LogP contribution in [-0.2, 0) is 16.9 Å². The van der Waals surface area contributed by atoms with Crippen LogP contribution < -0.4 is 5.56 Å². The number of hydrogen-bond acceptors (Lipinski definition) is 5. The third-order valence-electron chi connectivity index (χ3n) is 5.00. The van der Waals surface area contributed by atoms with Crippen molar-refractivity contribution in [1.82, 2.24) is 4.57 Å². The van der Waals surface area contributed by atoms with E-state index < -0.39 is 9.84 Å². The largest absolute Gasteiger partial charge is 0.507 e. The molecule has 0 aliphatic heterocycles. The highest BCUT2D eigenvalue weighted by molar-refractivity contribution is 9.09. The Balaban J connectivity index is 1.95. The van der Waals surface area contributed by atoms with Gasteiger partial charge in [-0.05, 0) is 47.7 Å². The Hall–Kier alpha value is -2.16. The molecule has 0 amide bonds. The summed E-state index contributed by atoms with van der Waals surface area (Å²) >= 11 is 4.63. The number of alkyl halides is 1. The van der Waals surface area contributed by atoms with Gasteiger partial charge in [-0.3, -0.25) is 4.79 Å². The Morgan fingerprint density at radius 3 is 2.52 bits per heavy atom. The van der Waals surface area contributed by atoms with Crippen LogP contribution in [0.15, 0.2) is 57.5 Å². The fraction of sp³-hybridized carbons (Fsp3) is 0.190. The molecule has 0 aliphatic rings. The number of pyridine rings is 1. The molecule has 0 aliphatic carbocycles. The summed E-state index contributed by atoms with van der Waals surface area (Å²) in [6.45, 7) is 0. The Kier molecular flexibility index (Phi) is 5.27. The fourth-order valence-corrected chi connectivity index (χ4v) is 6.39.